The van der Waals surface area contributed by atoms with Gasteiger partial charge in [-0.1, -0.05) is 34.4 Å². The lowest BCUT2D eigenvalue weighted by atomic mass is 10.2. The number of hydrogen-bond donors (Lipinski definition) is 1. The third-order valence-electron chi connectivity index (χ3n) is 4.89. The largest absolute Gasteiger partial charge is 0.361 e. The van der Waals surface area contributed by atoms with Gasteiger partial charge in [0.05, 0.1) is 28.1 Å². The van der Waals surface area contributed by atoms with Gasteiger partial charge in [-0.25, -0.2) is 0 Å². The molecular formula is C20H17Cl2N7O4. The van der Waals surface area contributed by atoms with Crippen molar-refractivity contribution in [2.75, 3.05) is 5.32 Å². The van der Waals surface area contributed by atoms with Gasteiger partial charge >= 0.3 is 5.69 Å². The summed E-state index contributed by atoms with van der Waals surface area (Å²) < 4.78 is 8.23. The van der Waals surface area contributed by atoms with E-state index in [9.17, 15) is 14.9 Å². The van der Waals surface area contributed by atoms with Gasteiger partial charge in [-0.2, -0.15) is 10.2 Å². The van der Waals surface area contributed by atoms with Crippen molar-refractivity contribution in [3.63, 3.8) is 0 Å². The molecule has 3 heterocycles. The van der Waals surface area contributed by atoms with Crippen molar-refractivity contribution in [3.8, 4) is 0 Å². The molecule has 0 aliphatic carbocycles. The Hall–Kier alpha value is -3.70. The van der Waals surface area contributed by atoms with Gasteiger partial charge in [0, 0.05) is 17.3 Å². The van der Waals surface area contributed by atoms with Crippen LogP contribution in [0.25, 0.3) is 0 Å². The van der Waals surface area contributed by atoms with E-state index in [1.165, 1.54) is 10.9 Å². The molecule has 13 heteroatoms. The molecule has 4 rings (SSSR count). The Balaban J connectivity index is 1.50. The number of nitro groups is 1. The standard InChI is InChI=1S/C20H17Cl2N7O4/c1-11-5-18(25-28(11)8-13-3-4-16(21)17(22)6-13)24-20(30)19-15(12(2)33-26-19)10-27-9-14(7-23-27)29(31)32/h3-7,9H,8,10H2,1-2H3,(H,24,25,30). The number of halogens is 2. The van der Waals surface area contributed by atoms with Gasteiger partial charge in [-0.15, -0.1) is 0 Å². The number of aryl methyl sites for hydroxylation is 2. The normalized spacial score (nSPS) is 11.0. The highest BCUT2D eigenvalue weighted by Crippen LogP contribution is 2.24. The molecule has 170 valence electrons. The second-order valence-corrected chi connectivity index (χ2v) is 8.06. The lowest BCUT2D eigenvalue weighted by Crippen LogP contribution is -2.16. The van der Waals surface area contributed by atoms with Crippen molar-refractivity contribution in [1.29, 1.82) is 0 Å². The first-order valence-electron chi connectivity index (χ1n) is 9.63. The predicted octanol–water partition coefficient (Wildman–Crippen LogP) is 4.25. The number of aromatic nitrogens is 5. The Morgan fingerprint density at radius 2 is 2.00 bits per heavy atom. The van der Waals surface area contributed by atoms with E-state index in [1.54, 1.807) is 29.8 Å². The molecule has 11 nitrogen and oxygen atoms in total. The number of hydrogen-bond acceptors (Lipinski definition) is 7. The van der Waals surface area contributed by atoms with Crippen LogP contribution in [0.3, 0.4) is 0 Å². The lowest BCUT2D eigenvalue weighted by Gasteiger charge is -2.06. The lowest BCUT2D eigenvalue weighted by molar-refractivity contribution is -0.385. The van der Waals surface area contributed by atoms with E-state index >= 15 is 0 Å². The summed E-state index contributed by atoms with van der Waals surface area (Å²) in [6.07, 6.45) is 2.40. The molecule has 0 saturated carbocycles. The van der Waals surface area contributed by atoms with Crippen molar-refractivity contribution in [2.24, 2.45) is 0 Å². The molecule has 0 aliphatic heterocycles. The minimum absolute atomic E-state index is 0.0438. The highest BCUT2D eigenvalue weighted by Gasteiger charge is 2.22. The molecule has 4 aromatic rings. The van der Waals surface area contributed by atoms with Gasteiger partial charge in [0.1, 0.15) is 18.2 Å². The Morgan fingerprint density at radius 3 is 2.70 bits per heavy atom. The van der Waals surface area contributed by atoms with Gasteiger partial charge in [0.15, 0.2) is 11.5 Å². The monoisotopic (exact) mass is 489 g/mol. The van der Waals surface area contributed by atoms with Crippen LogP contribution < -0.4 is 5.32 Å². The minimum Gasteiger partial charge on any atom is -0.361 e. The third-order valence-corrected chi connectivity index (χ3v) is 5.63. The smallest absolute Gasteiger partial charge is 0.307 e. The van der Waals surface area contributed by atoms with E-state index in [2.05, 4.69) is 20.7 Å². The molecule has 0 bridgehead atoms. The van der Waals surface area contributed by atoms with Gasteiger partial charge in [0.2, 0.25) is 0 Å². The number of rotatable bonds is 7. The van der Waals surface area contributed by atoms with Gasteiger partial charge in [-0.3, -0.25) is 24.3 Å². The van der Waals surface area contributed by atoms with Crippen LogP contribution in [0, 0.1) is 24.0 Å². The summed E-state index contributed by atoms with van der Waals surface area (Å²) in [4.78, 5) is 23.2. The molecule has 0 saturated heterocycles. The van der Waals surface area contributed by atoms with Crippen LogP contribution in [0.15, 0.2) is 41.2 Å². The van der Waals surface area contributed by atoms with Crippen molar-refractivity contribution in [1.82, 2.24) is 24.7 Å². The maximum Gasteiger partial charge on any atom is 0.307 e. The maximum absolute atomic E-state index is 12.9. The molecule has 1 amide bonds. The molecule has 0 unspecified atom stereocenters. The highest BCUT2D eigenvalue weighted by atomic mass is 35.5. The summed E-state index contributed by atoms with van der Waals surface area (Å²) in [5.41, 5.74) is 2.06. The third kappa shape index (κ3) is 4.89. The fourth-order valence-corrected chi connectivity index (χ4v) is 3.49. The van der Waals surface area contributed by atoms with E-state index in [0.29, 0.717) is 33.7 Å². The molecule has 1 N–H and O–H groups in total. The highest BCUT2D eigenvalue weighted by molar-refractivity contribution is 6.42. The number of carbonyl (C=O) groups excluding carboxylic acids is 1. The zero-order chi connectivity index (χ0) is 23.7. The minimum atomic E-state index is -0.547. The number of carbonyl (C=O) groups is 1. The van der Waals surface area contributed by atoms with E-state index < -0.39 is 10.8 Å². The number of anilines is 1. The summed E-state index contributed by atoms with van der Waals surface area (Å²) in [6.45, 7) is 4.02. The fourth-order valence-electron chi connectivity index (χ4n) is 3.17. The Kier molecular flexibility index (Phi) is 6.16. The van der Waals surface area contributed by atoms with Crippen molar-refractivity contribution < 1.29 is 14.2 Å². The van der Waals surface area contributed by atoms with Gasteiger partial charge in [-0.05, 0) is 31.5 Å². The van der Waals surface area contributed by atoms with Crippen molar-refractivity contribution in [2.45, 2.75) is 26.9 Å². The zero-order valence-electron chi connectivity index (χ0n) is 17.5. The summed E-state index contributed by atoms with van der Waals surface area (Å²) in [7, 11) is 0. The van der Waals surface area contributed by atoms with E-state index in [0.717, 1.165) is 17.5 Å². The number of nitrogens with zero attached hydrogens (tertiary/aromatic N) is 6. The van der Waals surface area contributed by atoms with Crippen LogP contribution in [0.2, 0.25) is 10.0 Å². The zero-order valence-corrected chi connectivity index (χ0v) is 19.0. The van der Waals surface area contributed by atoms with E-state index in [-0.39, 0.29) is 17.9 Å². The Bertz CT molecular complexity index is 1360. The van der Waals surface area contributed by atoms with E-state index in [1.807, 2.05) is 13.0 Å². The molecule has 33 heavy (non-hydrogen) atoms. The van der Waals surface area contributed by atoms with Crippen LogP contribution in [0.5, 0.6) is 0 Å². The summed E-state index contributed by atoms with van der Waals surface area (Å²) in [5, 5.41) is 26.7. The summed E-state index contributed by atoms with van der Waals surface area (Å²) >= 11 is 12.0. The van der Waals surface area contributed by atoms with Crippen LogP contribution >= 0.6 is 23.2 Å². The quantitative estimate of drug-likeness (QED) is 0.302. The molecular weight excluding hydrogens is 473 g/mol. The van der Waals surface area contributed by atoms with Crippen molar-refractivity contribution >= 4 is 40.6 Å². The second-order valence-electron chi connectivity index (χ2n) is 7.25. The molecule has 0 fully saturated rings. The topological polar surface area (TPSA) is 134 Å². The van der Waals surface area contributed by atoms with Crippen LogP contribution in [0.4, 0.5) is 11.5 Å². The average molecular weight is 490 g/mol. The number of amides is 1. The van der Waals surface area contributed by atoms with Crippen molar-refractivity contribution in [3.05, 3.63) is 85.1 Å². The van der Waals surface area contributed by atoms with Crippen LogP contribution in [0.1, 0.15) is 33.1 Å². The first kappa shape index (κ1) is 22.5. The Labute approximate surface area is 197 Å². The first-order chi connectivity index (χ1) is 15.7. The van der Waals surface area contributed by atoms with Gasteiger partial charge in [0.25, 0.3) is 5.91 Å². The van der Waals surface area contributed by atoms with Gasteiger partial charge < -0.3 is 9.84 Å². The fraction of sp³-hybridized carbons (Fsp3) is 0.200. The summed E-state index contributed by atoms with van der Waals surface area (Å²) in [5.74, 6) is 0.209. The second kappa shape index (κ2) is 9.04. The van der Waals surface area contributed by atoms with E-state index in [4.69, 9.17) is 27.7 Å². The summed E-state index contributed by atoms with van der Waals surface area (Å²) in [6, 6.07) is 7.04. The molecule has 0 atom stereocenters. The maximum atomic E-state index is 12.9. The molecule has 0 aliphatic rings. The molecule has 1 aromatic carbocycles. The number of nitrogens with one attached hydrogen (secondary N) is 1. The average Bonchev–Trinajstić information content (AvgIpc) is 3.46. The van der Waals surface area contributed by atoms with Crippen LogP contribution in [-0.4, -0.2) is 35.5 Å². The Morgan fingerprint density at radius 1 is 1.21 bits per heavy atom. The number of benzene rings is 1. The van der Waals surface area contributed by atoms with Crippen LogP contribution in [-0.2, 0) is 13.1 Å². The molecule has 3 aromatic heterocycles. The molecule has 0 radical (unpaired) electrons. The predicted molar refractivity (Wildman–Crippen MR) is 120 cm³/mol. The SMILES string of the molecule is Cc1onc(C(=O)Nc2cc(C)n(Cc3ccc(Cl)c(Cl)c3)n2)c1Cn1cc([N+](=O)[O-])cn1. The molecule has 0 spiro atoms. The first-order valence-corrected chi connectivity index (χ1v) is 10.4.